The number of hydrogen-bond acceptors (Lipinski definition) is 4. The van der Waals surface area contributed by atoms with Crippen molar-refractivity contribution in [1.29, 1.82) is 0 Å². The first-order valence-electron chi connectivity index (χ1n) is 8.45. The van der Waals surface area contributed by atoms with E-state index in [1.807, 2.05) is 42.5 Å². The summed E-state index contributed by atoms with van der Waals surface area (Å²) in [4.78, 5) is 0. The highest BCUT2D eigenvalue weighted by Gasteiger charge is 2.35. The van der Waals surface area contributed by atoms with Crippen LogP contribution in [-0.2, 0) is 0 Å². The summed E-state index contributed by atoms with van der Waals surface area (Å²) in [7, 11) is 0. The molecule has 2 N–H and O–H groups in total. The lowest BCUT2D eigenvalue weighted by Gasteiger charge is -2.35. The van der Waals surface area contributed by atoms with E-state index in [9.17, 15) is 10.2 Å². The van der Waals surface area contributed by atoms with Crippen LogP contribution in [0.4, 0.5) is 0 Å². The molecule has 2 aliphatic heterocycles. The van der Waals surface area contributed by atoms with Crippen molar-refractivity contribution in [3.05, 3.63) is 83.4 Å². The number of benzene rings is 3. The third kappa shape index (κ3) is 2.23. The SMILES string of the molecule is Oc1ccc2c(c1)OC(c1ccccc1)C1=C2COc2cc(O)ccc21. The first-order valence-corrected chi connectivity index (χ1v) is 8.45. The average molecular weight is 344 g/mol. The second-order valence-corrected chi connectivity index (χ2v) is 6.45. The second-order valence-electron chi connectivity index (χ2n) is 6.45. The van der Waals surface area contributed by atoms with Gasteiger partial charge in [-0.1, -0.05) is 30.3 Å². The minimum absolute atomic E-state index is 0.168. The van der Waals surface area contributed by atoms with Crippen molar-refractivity contribution in [3.8, 4) is 23.0 Å². The molecule has 0 aliphatic carbocycles. The average Bonchev–Trinajstić information content (AvgIpc) is 2.67. The van der Waals surface area contributed by atoms with Gasteiger partial charge in [0.05, 0.1) is 0 Å². The van der Waals surface area contributed by atoms with Gasteiger partial charge in [0, 0.05) is 34.4 Å². The molecule has 0 bridgehead atoms. The Morgan fingerprint density at radius 3 is 2.23 bits per heavy atom. The van der Waals surface area contributed by atoms with E-state index >= 15 is 0 Å². The second kappa shape index (κ2) is 5.56. The molecule has 0 aromatic heterocycles. The van der Waals surface area contributed by atoms with Crippen molar-refractivity contribution in [2.75, 3.05) is 6.61 Å². The fourth-order valence-corrected chi connectivity index (χ4v) is 3.67. The van der Waals surface area contributed by atoms with Gasteiger partial charge in [0.25, 0.3) is 0 Å². The van der Waals surface area contributed by atoms with Crippen LogP contribution >= 0.6 is 0 Å². The summed E-state index contributed by atoms with van der Waals surface area (Å²) in [6.45, 7) is 0.385. The molecule has 0 fully saturated rings. The minimum Gasteiger partial charge on any atom is -0.508 e. The molecule has 26 heavy (non-hydrogen) atoms. The van der Waals surface area contributed by atoms with E-state index in [2.05, 4.69) is 0 Å². The highest BCUT2D eigenvalue weighted by molar-refractivity contribution is 5.99. The van der Waals surface area contributed by atoms with Crippen LogP contribution in [0, 0.1) is 0 Å². The standard InChI is InChI=1S/C22H16O4/c23-14-7-9-17-19(10-14)25-12-18-16-8-6-15(24)11-20(16)26-22(21(17)18)13-4-2-1-3-5-13/h1-11,22-24H,12H2. The maximum absolute atomic E-state index is 9.87. The fraction of sp³-hybridized carbons (Fsp3) is 0.0909. The Hall–Kier alpha value is -3.40. The van der Waals surface area contributed by atoms with Gasteiger partial charge in [-0.2, -0.15) is 0 Å². The minimum atomic E-state index is -0.312. The first-order chi connectivity index (χ1) is 12.7. The Balaban J connectivity index is 1.78. The van der Waals surface area contributed by atoms with E-state index in [1.165, 1.54) is 0 Å². The maximum atomic E-state index is 9.87. The summed E-state index contributed by atoms with van der Waals surface area (Å²) < 4.78 is 12.2. The van der Waals surface area contributed by atoms with Crippen LogP contribution in [0.2, 0.25) is 0 Å². The molecule has 0 saturated heterocycles. The zero-order valence-corrected chi connectivity index (χ0v) is 13.8. The predicted molar refractivity (Wildman–Crippen MR) is 98.3 cm³/mol. The van der Waals surface area contributed by atoms with E-state index in [1.54, 1.807) is 24.3 Å². The van der Waals surface area contributed by atoms with Gasteiger partial charge in [-0.25, -0.2) is 0 Å². The quantitative estimate of drug-likeness (QED) is 0.681. The number of phenolic OH excluding ortho intramolecular Hbond substituents is 2. The van der Waals surface area contributed by atoms with Crippen LogP contribution in [0.3, 0.4) is 0 Å². The number of phenols is 2. The third-order valence-electron chi connectivity index (χ3n) is 4.85. The largest absolute Gasteiger partial charge is 0.508 e. The van der Waals surface area contributed by atoms with Gasteiger partial charge in [0.2, 0.25) is 0 Å². The molecule has 0 amide bonds. The number of ether oxygens (including phenoxy) is 2. The molecular formula is C22H16O4. The van der Waals surface area contributed by atoms with Crippen molar-refractivity contribution in [1.82, 2.24) is 0 Å². The summed E-state index contributed by atoms with van der Waals surface area (Å²) in [5, 5.41) is 19.7. The lowest BCUT2D eigenvalue weighted by atomic mass is 9.84. The summed E-state index contributed by atoms with van der Waals surface area (Å²) in [6.07, 6.45) is -0.312. The predicted octanol–water partition coefficient (Wildman–Crippen LogP) is 4.53. The van der Waals surface area contributed by atoms with Crippen LogP contribution in [0.1, 0.15) is 22.8 Å². The molecule has 4 nitrogen and oxygen atoms in total. The Labute approximate surface area is 150 Å². The molecular weight excluding hydrogens is 328 g/mol. The Bertz CT molecular complexity index is 1040. The monoisotopic (exact) mass is 344 g/mol. The lowest BCUT2D eigenvalue weighted by molar-refractivity contribution is 0.252. The number of aromatic hydroxyl groups is 2. The van der Waals surface area contributed by atoms with Crippen LogP contribution in [0.5, 0.6) is 23.0 Å². The van der Waals surface area contributed by atoms with E-state index in [4.69, 9.17) is 9.47 Å². The molecule has 4 heteroatoms. The van der Waals surface area contributed by atoms with Gasteiger partial charge in [0.1, 0.15) is 29.6 Å². The van der Waals surface area contributed by atoms with Gasteiger partial charge in [-0.15, -0.1) is 0 Å². The van der Waals surface area contributed by atoms with Crippen molar-refractivity contribution in [2.45, 2.75) is 6.10 Å². The van der Waals surface area contributed by atoms with E-state index in [-0.39, 0.29) is 17.6 Å². The summed E-state index contributed by atoms with van der Waals surface area (Å²) in [5.74, 6) is 1.63. The molecule has 1 unspecified atom stereocenters. The van der Waals surface area contributed by atoms with Crippen molar-refractivity contribution in [3.63, 3.8) is 0 Å². The van der Waals surface area contributed by atoms with Crippen LogP contribution in [0.25, 0.3) is 11.1 Å². The Morgan fingerprint density at radius 2 is 1.46 bits per heavy atom. The molecule has 0 spiro atoms. The van der Waals surface area contributed by atoms with Gasteiger partial charge in [-0.05, 0) is 29.8 Å². The number of fused-ring (bicyclic) bond motifs is 4. The Kier molecular flexibility index (Phi) is 3.19. The van der Waals surface area contributed by atoms with Crippen molar-refractivity contribution < 1.29 is 19.7 Å². The molecule has 3 aromatic carbocycles. The number of hydrogen-bond donors (Lipinski definition) is 2. The maximum Gasteiger partial charge on any atom is 0.150 e. The fourth-order valence-electron chi connectivity index (χ4n) is 3.67. The first kappa shape index (κ1) is 14.9. The molecule has 2 aliphatic rings. The summed E-state index contributed by atoms with van der Waals surface area (Å²) >= 11 is 0. The molecule has 128 valence electrons. The van der Waals surface area contributed by atoms with E-state index < -0.39 is 0 Å². The smallest absolute Gasteiger partial charge is 0.150 e. The van der Waals surface area contributed by atoms with E-state index in [0.717, 1.165) is 27.8 Å². The Morgan fingerprint density at radius 1 is 0.769 bits per heavy atom. The highest BCUT2D eigenvalue weighted by atomic mass is 16.5. The van der Waals surface area contributed by atoms with Crippen LogP contribution in [-0.4, -0.2) is 16.8 Å². The van der Waals surface area contributed by atoms with Gasteiger partial charge in [-0.3, -0.25) is 0 Å². The van der Waals surface area contributed by atoms with E-state index in [0.29, 0.717) is 18.1 Å². The highest BCUT2D eigenvalue weighted by Crippen LogP contribution is 2.51. The topological polar surface area (TPSA) is 58.9 Å². The van der Waals surface area contributed by atoms with Gasteiger partial charge < -0.3 is 19.7 Å². The number of rotatable bonds is 1. The molecule has 5 rings (SSSR count). The zero-order valence-electron chi connectivity index (χ0n) is 13.8. The normalized spacial score (nSPS) is 17.5. The molecule has 1 atom stereocenters. The molecule has 3 aromatic rings. The molecule has 0 radical (unpaired) electrons. The molecule has 2 heterocycles. The van der Waals surface area contributed by atoms with Crippen molar-refractivity contribution in [2.24, 2.45) is 0 Å². The van der Waals surface area contributed by atoms with Gasteiger partial charge >= 0.3 is 0 Å². The zero-order chi connectivity index (χ0) is 17.7. The molecule has 0 saturated carbocycles. The third-order valence-corrected chi connectivity index (χ3v) is 4.85. The van der Waals surface area contributed by atoms with Crippen LogP contribution in [0.15, 0.2) is 66.7 Å². The van der Waals surface area contributed by atoms with Gasteiger partial charge in [0.15, 0.2) is 6.10 Å². The summed E-state index contributed by atoms with van der Waals surface area (Å²) in [6, 6.07) is 20.3. The lowest BCUT2D eigenvalue weighted by Crippen LogP contribution is -2.22. The summed E-state index contributed by atoms with van der Waals surface area (Å²) in [5.41, 5.74) is 4.93. The van der Waals surface area contributed by atoms with Crippen molar-refractivity contribution >= 4 is 11.1 Å². The van der Waals surface area contributed by atoms with Crippen LogP contribution < -0.4 is 9.47 Å².